The van der Waals surface area contributed by atoms with Gasteiger partial charge in [0.2, 0.25) is 11.6 Å². The second-order valence-corrected chi connectivity index (χ2v) is 10.9. The van der Waals surface area contributed by atoms with E-state index in [1.54, 1.807) is 18.2 Å². The van der Waals surface area contributed by atoms with Crippen LogP contribution in [0.1, 0.15) is 62.8 Å². The maximum absolute atomic E-state index is 14.7. The summed E-state index contributed by atoms with van der Waals surface area (Å²) in [6.07, 6.45) is -2.83. The predicted molar refractivity (Wildman–Crippen MR) is 121 cm³/mol. The van der Waals surface area contributed by atoms with E-state index in [2.05, 4.69) is 0 Å². The van der Waals surface area contributed by atoms with E-state index >= 15 is 0 Å². The fraction of sp³-hybridized carbons (Fsp3) is 0.519. The Labute approximate surface area is 197 Å². The van der Waals surface area contributed by atoms with Crippen LogP contribution in [0.15, 0.2) is 42.5 Å². The highest BCUT2D eigenvalue weighted by atomic mass is 19.4. The zero-order valence-electron chi connectivity index (χ0n) is 19.9. The highest BCUT2D eigenvalue weighted by Gasteiger charge is 2.56. The van der Waals surface area contributed by atoms with Gasteiger partial charge in [0.15, 0.2) is 0 Å². The van der Waals surface area contributed by atoms with Gasteiger partial charge in [0.25, 0.3) is 0 Å². The van der Waals surface area contributed by atoms with Crippen LogP contribution in [0.3, 0.4) is 0 Å². The van der Waals surface area contributed by atoms with E-state index in [1.807, 2.05) is 25.7 Å². The molecule has 2 aliphatic rings. The SMILES string of the molecule is CC(C)(C)C(=O)N1CC[C@@]2(Cc3ccc(F)cc3)c3ccc(C(C)(F)C(F)(F)F)cc3CC[C@@H]12. The number of hydrogen-bond donors (Lipinski definition) is 0. The quantitative estimate of drug-likeness (QED) is 0.452. The average Bonchev–Trinajstić information content (AvgIpc) is 3.12. The molecule has 3 atom stereocenters. The molecule has 7 heteroatoms. The third-order valence-electron chi connectivity index (χ3n) is 7.55. The van der Waals surface area contributed by atoms with Crippen molar-refractivity contribution >= 4 is 5.91 Å². The van der Waals surface area contributed by atoms with E-state index in [1.165, 1.54) is 24.3 Å². The molecule has 34 heavy (non-hydrogen) atoms. The van der Waals surface area contributed by atoms with Crippen molar-refractivity contribution in [1.29, 1.82) is 0 Å². The van der Waals surface area contributed by atoms with Crippen molar-refractivity contribution in [2.24, 2.45) is 5.41 Å². The molecule has 0 spiro atoms. The molecule has 184 valence electrons. The standard InChI is InChI=1S/C27H30F5NO/c1-24(2,3)23(34)33-14-13-26(16-17-5-9-20(28)10-6-17)21-11-8-19(25(4,29)27(30,31)32)15-18(21)7-12-22(26)33/h5-6,8-11,15,22H,7,12-14,16H2,1-4H3/t22-,25?,26-/m1/s1. The Balaban J connectivity index is 1.81. The lowest BCUT2D eigenvalue weighted by atomic mass is 9.63. The average molecular weight is 480 g/mol. The van der Waals surface area contributed by atoms with Crippen LogP contribution in [0.4, 0.5) is 22.0 Å². The third kappa shape index (κ3) is 4.01. The van der Waals surface area contributed by atoms with Crippen LogP contribution in [-0.2, 0) is 28.7 Å². The zero-order valence-corrected chi connectivity index (χ0v) is 19.9. The fourth-order valence-electron chi connectivity index (χ4n) is 5.66. The number of rotatable bonds is 3. The number of halogens is 5. The summed E-state index contributed by atoms with van der Waals surface area (Å²) in [4.78, 5) is 15.2. The summed E-state index contributed by atoms with van der Waals surface area (Å²) in [5.74, 6) is -0.316. The van der Waals surface area contributed by atoms with Crippen molar-refractivity contribution in [2.75, 3.05) is 6.54 Å². The van der Waals surface area contributed by atoms with Crippen molar-refractivity contribution in [2.45, 2.75) is 76.7 Å². The van der Waals surface area contributed by atoms with Crippen LogP contribution in [0.25, 0.3) is 0 Å². The van der Waals surface area contributed by atoms with Gasteiger partial charge in [0, 0.05) is 23.4 Å². The Bertz CT molecular complexity index is 1080. The van der Waals surface area contributed by atoms with E-state index in [9.17, 15) is 26.7 Å². The molecule has 1 saturated heterocycles. The molecule has 2 nitrogen and oxygen atoms in total. The van der Waals surface area contributed by atoms with Crippen LogP contribution in [0.5, 0.6) is 0 Å². The van der Waals surface area contributed by atoms with Gasteiger partial charge >= 0.3 is 6.18 Å². The van der Waals surface area contributed by atoms with Crippen molar-refractivity contribution in [3.05, 3.63) is 70.5 Å². The van der Waals surface area contributed by atoms with E-state index < -0.39 is 28.2 Å². The molecule has 1 aliphatic heterocycles. The molecule has 0 radical (unpaired) electrons. The first-order valence-corrected chi connectivity index (χ1v) is 11.6. The fourth-order valence-corrected chi connectivity index (χ4v) is 5.66. The van der Waals surface area contributed by atoms with Gasteiger partial charge in [-0.1, -0.05) is 51.1 Å². The Morgan fingerprint density at radius 3 is 2.26 bits per heavy atom. The molecule has 2 aromatic carbocycles. The smallest absolute Gasteiger partial charge is 0.338 e. The van der Waals surface area contributed by atoms with Gasteiger partial charge in [-0.15, -0.1) is 0 Å². The predicted octanol–water partition coefficient (Wildman–Crippen LogP) is 6.65. The molecule has 1 fully saturated rings. The van der Waals surface area contributed by atoms with Crippen molar-refractivity contribution in [3.8, 4) is 0 Å². The van der Waals surface area contributed by atoms with Crippen LogP contribution < -0.4 is 0 Å². The number of amides is 1. The minimum Gasteiger partial charge on any atom is -0.338 e. The summed E-state index contributed by atoms with van der Waals surface area (Å²) in [5.41, 5.74) is -2.52. The summed E-state index contributed by atoms with van der Waals surface area (Å²) >= 11 is 0. The molecule has 1 amide bonds. The molecule has 0 saturated carbocycles. The number of alkyl halides is 4. The number of aryl methyl sites for hydroxylation is 1. The summed E-state index contributed by atoms with van der Waals surface area (Å²) in [7, 11) is 0. The molecular weight excluding hydrogens is 449 g/mol. The molecule has 1 unspecified atom stereocenters. The lowest BCUT2D eigenvalue weighted by molar-refractivity contribution is -0.228. The first-order chi connectivity index (χ1) is 15.7. The molecule has 0 bridgehead atoms. The maximum atomic E-state index is 14.7. The second kappa shape index (κ2) is 8.06. The first kappa shape index (κ1) is 24.7. The summed E-state index contributed by atoms with van der Waals surface area (Å²) in [6, 6.07) is 10.3. The maximum Gasteiger partial charge on any atom is 0.426 e. The number of carbonyl (C=O) groups is 1. The lowest BCUT2D eigenvalue weighted by Gasteiger charge is -2.45. The summed E-state index contributed by atoms with van der Waals surface area (Å²) in [6.45, 7) is 6.70. The largest absolute Gasteiger partial charge is 0.426 e. The Hall–Kier alpha value is -2.44. The number of fused-ring (bicyclic) bond motifs is 3. The molecule has 2 aromatic rings. The van der Waals surface area contributed by atoms with E-state index in [4.69, 9.17) is 0 Å². The topological polar surface area (TPSA) is 20.3 Å². The van der Waals surface area contributed by atoms with Crippen molar-refractivity contribution in [3.63, 3.8) is 0 Å². The van der Waals surface area contributed by atoms with Gasteiger partial charge < -0.3 is 4.90 Å². The summed E-state index contributed by atoms with van der Waals surface area (Å²) < 4.78 is 68.4. The van der Waals surface area contributed by atoms with E-state index in [-0.39, 0.29) is 17.8 Å². The Kier molecular flexibility index (Phi) is 5.85. The monoisotopic (exact) mass is 479 g/mol. The van der Waals surface area contributed by atoms with Crippen LogP contribution in [-0.4, -0.2) is 29.6 Å². The van der Waals surface area contributed by atoms with Crippen molar-refractivity contribution < 1.29 is 26.7 Å². The molecule has 1 aliphatic carbocycles. The molecule has 0 aromatic heterocycles. The highest BCUT2D eigenvalue weighted by Crippen LogP contribution is 2.51. The Morgan fingerprint density at radius 2 is 1.68 bits per heavy atom. The minimum atomic E-state index is -5.02. The van der Waals surface area contributed by atoms with Gasteiger partial charge in [0.1, 0.15) is 5.82 Å². The third-order valence-corrected chi connectivity index (χ3v) is 7.55. The van der Waals surface area contributed by atoms with Crippen LogP contribution >= 0.6 is 0 Å². The second-order valence-electron chi connectivity index (χ2n) is 10.9. The van der Waals surface area contributed by atoms with Crippen LogP contribution in [0, 0.1) is 11.2 Å². The van der Waals surface area contributed by atoms with Gasteiger partial charge in [0.05, 0.1) is 0 Å². The van der Waals surface area contributed by atoms with Gasteiger partial charge in [-0.3, -0.25) is 4.79 Å². The lowest BCUT2D eigenvalue weighted by Crippen LogP contribution is -2.51. The van der Waals surface area contributed by atoms with Gasteiger partial charge in [-0.25, -0.2) is 8.78 Å². The number of carbonyl (C=O) groups excluding carboxylic acids is 1. The normalized spacial score (nSPS) is 24.4. The Morgan fingerprint density at radius 1 is 1.03 bits per heavy atom. The molecule has 4 rings (SSSR count). The van der Waals surface area contributed by atoms with E-state index in [0.29, 0.717) is 44.7 Å². The van der Waals surface area contributed by atoms with E-state index in [0.717, 1.165) is 11.1 Å². The van der Waals surface area contributed by atoms with Gasteiger partial charge in [-0.2, -0.15) is 13.2 Å². The molecule has 0 N–H and O–H groups in total. The van der Waals surface area contributed by atoms with Crippen molar-refractivity contribution in [1.82, 2.24) is 4.90 Å². The highest BCUT2D eigenvalue weighted by molar-refractivity contribution is 5.82. The van der Waals surface area contributed by atoms with Gasteiger partial charge in [-0.05, 0) is 67.0 Å². The molecule has 1 heterocycles. The number of benzene rings is 2. The summed E-state index contributed by atoms with van der Waals surface area (Å²) in [5, 5.41) is 0. The first-order valence-electron chi connectivity index (χ1n) is 11.6. The molecular formula is C27H30F5NO. The minimum absolute atomic E-state index is 0.0342. The zero-order chi connectivity index (χ0) is 25.1. The van der Waals surface area contributed by atoms with Crippen LogP contribution in [0.2, 0.25) is 0 Å². The number of likely N-dealkylation sites (tertiary alicyclic amines) is 1. The number of hydrogen-bond acceptors (Lipinski definition) is 1. The number of nitrogens with zero attached hydrogens (tertiary/aromatic N) is 1.